The molecule has 1 amide bonds. The number of nitrogens with one attached hydrogen (secondary N) is 1. The van der Waals surface area contributed by atoms with Crippen molar-refractivity contribution in [3.8, 4) is 0 Å². The average Bonchev–Trinajstić information content (AvgIpc) is 2.75. The highest BCUT2D eigenvalue weighted by molar-refractivity contribution is 8.04. The molecule has 0 saturated heterocycles. The molecule has 3 aliphatic rings. The number of allylic oxidation sites excluding steroid dienone is 4. The van der Waals surface area contributed by atoms with Crippen molar-refractivity contribution in [1.82, 2.24) is 5.32 Å². The van der Waals surface area contributed by atoms with Crippen LogP contribution in [-0.4, -0.2) is 23.9 Å². The molecule has 0 aromatic heterocycles. The molecule has 2 heterocycles. The Kier molecular flexibility index (Phi) is 2.33. The van der Waals surface area contributed by atoms with Gasteiger partial charge in [-0.15, -0.1) is 11.8 Å². The molecule has 3 rings (SSSR count). The van der Waals surface area contributed by atoms with Gasteiger partial charge in [0, 0.05) is 13.3 Å². The van der Waals surface area contributed by atoms with Crippen molar-refractivity contribution in [1.29, 1.82) is 0 Å². The lowest BCUT2D eigenvalue weighted by Gasteiger charge is -2.33. The second-order valence-corrected chi connectivity index (χ2v) is 5.27. The third-order valence-corrected chi connectivity index (χ3v) is 4.59. The number of aliphatic imine (C=N–C) groups is 1. The fourth-order valence-corrected chi connectivity index (χ4v) is 3.66. The molecule has 86 valence electrons. The second-order valence-electron chi connectivity index (χ2n) is 4.10. The lowest BCUT2D eigenvalue weighted by molar-refractivity contribution is -0.116. The largest absolute Gasteiger partial charge is 0.355 e. The van der Waals surface area contributed by atoms with Crippen molar-refractivity contribution in [2.75, 3.05) is 7.05 Å². The summed E-state index contributed by atoms with van der Waals surface area (Å²) in [5, 5.41) is 4.64. The summed E-state index contributed by atoms with van der Waals surface area (Å²) in [5.74, 6) is -0.0233. The van der Waals surface area contributed by atoms with E-state index in [9.17, 15) is 4.79 Å². The third-order valence-electron chi connectivity index (χ3n) is 3.24. The van der Waals surface area contributed by atoms with Gasteiger partial charge in [0.05, 0.1) is 16.0 Å². The molecular formula is C13H12N2OS. The molecule has 1 N–H and O–H groups in total. The highest BCUT2D eigenvalue weighted by Gasteiger charge is 2.46. The van der Waals surface area contributed by atoms with E-state index in [2.05, 4.69) is 16.4 Å². The van der Waals surface area contributed by atoms with E-state index in [0.29, 0.717) is 0 Å². The van der Waals surface area contributed by atoms with Gasteiger partial charge in [0.25, 0.3) is 5.91 Å². The Bertz CT molecular complexity index is 540. The molecule has 0 fully saturated rings. The minimum absolute atomic E-state index is 0.0233. The number of carbonyl (C=O) groups excluding carboxylic acids is 1. The minimum atomic E-state index is -0.161. The van der Waals surface area contributed by atoms with Crippen molar-refractivity contribution in [3.63, 3.8) is 0 Å². The van der Waals surface area contributed by atoms with Gasteiger partial charge in [0.1, 0.15) is 0 Å². The molecule has 0 saturated carbocycles. The molecule has 1 atom stereocenters. The summed E-state index contributed by atoms with van der Waals surface area (Å²) in [4.78, 5) is 16.3. The summed E-state index contributed by atoms with van der Waals surface area (Å²) in [6.07, 6.45) is 10.8. The molecule has 1 aliphatic carbocycles. The Labute approximate surface area is 104 Å². The summed E-state index contributed by atoms with van der Waals surface area (Å²) in [7, 11) is 1.66. The molecule has 3 nitrogen and oxygen atoms in total. The zero-order valence-corrected chi connectivity index (χ0v) is 10.3. The number of carbonyl (C=O) groups is 1. The Morgan fingerprint density at radius 3 is 3.24 bits per heavy atom. The van der Waals surface area contributed by atoms with Crippen molar-refractivity contribution in [2.24, 2.45) is 4.99 Å². The number of hydrogen-bond acceptors (Lipinski definition) is 3. The van der Waals surface area contributed by atoms with E-state index < -0.39 is 0 Å². The molecule has 1 unspecified atom stereocenters. The fourth-order valence-electron chi connectivity index (χ4n) is 2.37. The van der Waals surface area contributed by atoms with Crippen LogP contribution in [0.3, 0.4) is 0 Å². The van der Waals surface area contributed by atoms with Crippen molar-refractivity contribution < 1.29 is 4.79 Å². The molecule has 4 heteroatoms. The lowest BCUT2D eigenvalue weighted by Crippen LogP contribution is -2.32. The van der Waals surface area contributed by atoms with E-state index in [-0.39, 0.29) is 10.7 Å². The van der Waals surface area contributed by atoms with Crippen LogP contribution in [-0.2, 0) is 4.79 Å². The SMILES string of the molecule is CNC(=O)C1=CSC23CC=CC=C2N=CC=C13. The molecule has 0 aromatic rings. The topological polar surface area (TPSA) is 41.5 Å². The van der Waals surface area contributed by atoms with Crippen LogP contribution in [0.15, 0.2) is 51.5 Å². The Hall–Kier alpha value is -1.55. The fraction of sp³-hybridized carbons (Fsp3) is 0.231. The maximum Gasteiger partial charge on any atom is 0.251 e. The molecule has 1 spiro atoms. The molecular weight excluding hydrogens is 232 g/mol. The van der Waals surface area contributed by atoms with Gasteiger partial charge in [0.15, 0.2) is 0 Å². The summed E-state index contributed by atoms with van der Waals surface area (Å²) in [6.45, 7) is 0. The number of likely N-dealkylation sites (N-methyl/N-ethyl adjacent to an activating group) is 1. The maximum absolute atomic E-state index is 11.8. The number of rotatable bonds is 1. The monoisotopic (exact) mass is 244 g/mol. The van der Waals surface area contributed by atoms with Gasteiger partial charge in [-0.1, -0.05) is 12.2 Å². The van der Waals surface area contributed by atoms with Crippen LogP contribution in [0, 0.1) is 0 Å². The van der Waals surface area contributed by atoms with E-state index in [1.54, 1.807) is 25.0 Å². The van der Waals surface area contributed by atoms with Crippen LogP contribution in [0.1, 0.15) is 6.42 Å². The number of nitrogens with zero attached hydrogens (tertiary/aromatic N) is 1. The van der Waals surface area contributed by atoms with Crippen LogP contribution in [0.4, 0.5) is 0 Å². The van der Waals surface area contributed by atoms with Gasteiger partial charge in [-0.25, -0.2) is 0 Å². The molecule has 0 radical (unpaired) electrons. The third kappa shape index (κ3) is 1.37. The van der Waals surface area contributed by atoms with Gasteiger partial charge >= 0.3 is 0 Å². The summed E-state index contributed by atoms with van der Waals surface area (Å²) in [5.41, 5.74) is 2.88. The van der Waals surface area contributed by atoms with Crippen molar-refractivity contribution in [3.05, 3.63) is 46.6 Å². The number of thioether (sulfide) groups is 1. The normalized spacial score (nSPS) is 28.9. The first-order chi connectivity index (χ1) is 8.28. The van der Waals surface area contributed by atoms with Gasteiger partial charge in [0.2, 0.25) is 0 Å². The summed E-state index contributed by atoms with van der Waals surface area (Å²) in [6, 6.07) is 0. The number of dihydropyridines is 1. The van der Waals surface area contributed by atoms with Gasteiger partial charge in [-0.3, -0.25) is 9.79 Å². The quantitative estimate of drug-likeness (QED) is 0.766. The van der Waals surface area contributed by atoms with E-state index in [4.69, 9.17) is 0 Å². The van der Waals surface area contributed by atoms with E-state index >= 15 is 0 Å². The predicted octanol–water partition coefficient (Wildman–Crippen LogP) is 1.96. The summed E-state index contributed by atoms with van der Waals surface area (Å²) >= 11 is 1.69. The van der Waals surface area contributed by atoms with Crippen LogP contribution in [0.2, 0.25) is 0 Å². The van der Waals surface area contributed by atoms with Gasteiger partial charge in [-0.05, 0) is 29.6 Å². The van der Waals surface area contributed by atoms with E-state index in [1.165, 1.54) is 0 Å². The van der Waals surface area contributed by atoms with Gasteiger partial charge < -0.3 is 5.32 Å². The van der Waals surface area contributed by atoms with Crippen LogP contribution in [0.5, 0.6) is 0 Å². The summed E-state index contributed by atoms with van der Waals surface area (Å²) < 4.78 is -0.161. The number of hydrogen-bond donors (Lipinski definition) is 1. The Balaban J connectivity index is 2.07. The molecule has 0 aromatic carbocycles. The maximum atomic E-state index is 11.8. The number of amides is 1. The van der Waals surface area contributed by atoms with Gasteiger partial charge in [-0.2, -0.15) is 0 Å². The first-order valence-electron chi connectivity index (χ1n) is 5.50. The molecule has 17 heavy (non-hydrogen) atoms. The zero-order valence-electron chi connectivity index (χ0n) is 9.43. The zero-order chi connectivity index (χ0) is 11.9. The van der Waals surface area contributed by atoms with Crippen molar-refractivity contribution >= 4 is 23.9 Å². The second kappa shape index (κ2) is 3.74. The molecule has 2 aliphatic heterocycles. The van der Waals surface area contributed by atoms with Crippen LogP contribution < -0.4 is 5.32 Å². The standard InChI is InChI=1S/C13H12N2OS/c1-14-12(16)9-8-17-13-6-3-2-4-11(13)15-7-5-10(9)13/h2-5,7-8H,6H2,1H3,(H,14,16). The minimum Gasteiger partial charge on any atom is -0.355 e. The first-order valence-corrected chi connectivity index (χ1v) is 6.38. The smallest absolute Gasteiger partial charge is 0.251 e. The predicted molar refractivity (Wildman–Crippen MR) is 70.9 cm³/mol. The Morgan fingerprint density at radius 1 is 1.53 bits per heavy atom. The highest BCUT2D eigenvalue weighted by atomic mass is 32.2. The van der Waals surface area contributed by atoms with E-state index in [0.717, 1.165) is 23.3 Å². The van der Waals surface area contributed by atoms with Crippen LogP contribution in [0.25, 0.3) is 0 Å². The van der Waals surface area contributed by atoms with Crippen LogP contribution >= 0.6 is 11.8 Å². The van der Waals surface area contributed by atoms with Crippen molar-refractivity contribution in [2.45, 2.75) is 11.2 Å². The first kappa shape index (κ1) is 10.6. The highest BCUT2D eigenvalue weighted by Crippen LogP contribution is 2.54. The average molecular weight is 244 g/mol. The van der Waals surface area contributed by atoms with E-state index in [1.807, 2.05) is 23.6 Å². The Morgan fingerprint density at radius 2 is 2.41 bits per heavy atom. The lowest BCUT2D eigenvalue weighted by atomic mass is 9.83. The molecule has 0 bridgehead atoms.